The molecule has 0 aliphatic rings. The number of methoxy groups -OCH3 is 2. The number of aromatic nitrogens is 1. The Kier molecular flexibility index (Phi) is 6.46. The van der Waals surface area contributed by atoms with E-state index in [0.29, 0.717) is 17.2 Å². The highest BCUT2D eigenvalue weighted by molar-refractivity contribution is 7.13. The van der Waals surface area contributed by atoms with Gasteiger partial charge in [-0.05, 0) is 0 Å². The monoisotopic (exact) mass is 412 g/mol. The number of nitrogens with zero attached hydrogens (tertiary/aromatic N) is 1. The zero-order valence-corrected chi connectivity index (χ0v) is 17.0. The van der Waals surface area contributed by atoms with Crippen LogP contribution in [-0.2, 0) is 16.1 Å². The van der Waals surface area contributed by atoms with E-state index in [0.717, 1.165) is 10.6 Å². The predicted molar refractivity (Wildman–Crippen MR) is 111 cm³/mol. The SMILES string of the molecule is COc1cc(NC(C)=O)c(C(=O)OCc2csc(-c3ccccc3)n2)cc1OC. The molecule has 0 saturated carbocycles. The standard InChI is InChI=1S/C21H20N2O5S/c1-13(24)22-17-10-19(27-3)18(26-2)9-16(17)21(25)28-11-15-12-29-20(23-15)14-7-5-4-6-8-14/h4-10,12H,11H2,1-3H3,(H,22,24). The highest BCUT2D eigenvalue weighted by Crippen LogP contribution is 2.34. The van der Waals surface area contributed by atoms with Gasteiger partial charge < -0.3 is 19.5 Å². The number of anilines is 1. The van der Waals surface area contributed by atoms with Crippen molar-refractivity contribution in [3.8, 4) is 22.1 Å². The molecule has 0 aliphatic heterocycles. The second kappa shape index (κ2) is 9.20. The van der Waals surface area contributed by atoms with E-state index in [2.05, 4.69) is 10.3 Å². The van der Waals surface area contributed by atoms with E-state index < -0.39 is 5.97 Å². The van der Waals surface area contributed by atoms with Crippen molar-refractivity contribution < 1.29 is 23.8 Å². The first kappa shape index (κ1) is 20.3. The molecule has 0 bridgehead atoms. The quantitative estimate of drug-likeness (QED) is 0.587. The lowest BCUT2D eigenvalue weighted by atomic mass is 10.1. The number of hydrogen-bond donors (Lipinski definition) is 1. The van der Waals surface area contributed by atoms with Gasteiger partial charge in [0.05, 0.1) is 31.2 Å². The van der Waals surface area contributed by atoms with Gasteiger partial charge in [-0.2, -0.15) is 0 Å². The summed E-state index contributed by atoms with van der Waals surface area (Å²) in [6, 6.07) is 12.8. The van der Waals surface area contributed by atoms with Gasteiger partial charge in [-0.3, -0.25) is 4.79 Å². The first-order valence-electron chi connectivity index (χ1n) is 8.72. The summed E-state index contributed by atoms with van der Waals surface area (Å²) in [5.41, 5.74) is 2.09. The van der Waals surface area contributed by atoms with Crippen molar-refractivity contribution in [1.29, 1.82) is 0 Å². The molecule has 1 N–H and O–H groups in total. The van der Waals surface area contributed by atoms with Gasteiger partial charge >= 0.3 is 5.97 Å². The van der Waals surface area contributed by atoms with Gasteiger partial charge in [-0.15, -0.1) is 11.3 Å². The van der Waals surface area contributed by atoms with Crippen molar-refractivity contribution in [2.45, 2.75) is 13.5 Å². The molecule has 29 heavy (non-hydrogen) atoms. The molecule has 0 fully saturated rings. The van der Waals surface area contributed by atoms with Gasteiger partial charge in [0.2, 0.25) is 5.91 Å². The molecule has 1 amide bonds. The number of rotatable bonds is 7. The van der Waals surface area contributed by atoms with Crippen LogP contribution in [0.5, 0.6) is 11.5 Å². The Morgan fingerprint density at radius 1 is 1.07 bits per heavy atom. The molecule has 0 radical (unpaired) electrons. The normalized spacial score (nSPS) is 10.3. The predicted octanol–water partition coefficient (Wildman–Crippen LogP) is 4.14. The molecule has 8 heteroatoms. The summed E-state index contributed by atoms with van der Waals surface area (Å²) in [5.74, 6) is -0.185. The van der Waals surface area contributed by atoms with Gasteiger partial charge in [0, 0.05) is 30.0 Å². The van der Waals surface area contributed by atoms with Crippen LogP contribution in [0.25, 0.3) is 10.6 Å². The summed E-state index contributed by atoms with van der Waals surface area (Å²) in [7, 11) is 2.94. The van der Waals surface area contributed by atoms with Crippen LogP contribution >= 0.6 is 11.3 Å². The lowest BCUT2D eigenvalue weighted by Crippen LogP contribution is -2.13. The van der Waals surface area contributed by atoms with Crippen molar-refractivity contribution in [3.05, 3.63) is 59.1 Å². The maximum Gasteiger partial charge on any atom is 0.340 e. The molecular formula is C21H20N2O5S. The number of benzene rings is 2. The van der Waals surface area contributed by atoms with Crippen LogP contribution in [0.3, 0.4) is 0 Å². The minimum Gasteiger partial charge on any atom is -0.493 e. The van der Waals surface area contributed by atoms with Gasteiger partial charge in [-0.25, -0.2) is 9.78 Å². The Balaban J connectivity index is 1.78. The lowest BCUT2D eigenvalue weighted by Gasteiger charge is -2.14. The molecule has 0 unspecified atom stereocenters. The highest BCUT2D eigenvalue weighted by Gasteiger charge is 2.19. The summed E-state index contributed by atoms with van der Waals surface area (Å²) in [4.78, 5) is 28.7. The zero-order valence-electron chi connectivity index (χ0n) is 16.2. The van der Waals surface area contributed by atoms with Crippen LogP contribution in [0.2, 0.25) is 0 Å². The number of nitrogens with one attached hydrogen (secondary N) is 1. The van der Waals surface area contributed by atoms with Crippen LogP contribution in [-0.4, -0.2) is 31.1 Å². The molecule has 0 atom stereocenters. The Labute approximate surface area is 172 Å². The smallest absolute Gasteiger partial charge is 0.340 e. The maximum atomic E-state index is 12.7. The van der Waals surface area contributed by atoms with Crippen LogP contribution in [0.4, 0.5) is 5.69 Å². The fourth-order valence-electron chi connectivity index (χ4n) is 2.64. The highest BCUT2D eigenvalue weighted by atomic mass is 32.1. The third-order valence-corrected chi connectivity index (χ3v) is 4.92. The van der Waals surface area contributed by atoms with Crippen LogP contribution in [0.15, 0.2) is 47.8 Å². The van der Waals surface area contributed by atoms with Crippen LogP contribution in [0, 0.1) is 0 Å². The molecule has 0 spiro atoms. The molecule has 7 nitrogen and oxygen atoms in total. The number of carbonyl (C=O) groups is 2. The van der Waals surface area contributed by atoms with E-state index in [1.54, 1.807) is 0 Å². The minimum absolute atomic E-state index is 0.00994. The fraction of sp³-hybridized carbons (Fsp3) is 0.190. The molecule has 1 aromatic heterocycles. The zero-order chi connectivity index (χ0) is 20.8. The average molecular weight is 412 g/mol. The van der Waals surface area contributed by atoms with E-state index in [9.17, 15) is 9.59 Å². The van der Waals surface area contributed by atoms with Gasteiger partial charge in [0.1, 0.15) is 11.6 Å². The maximum absolute atomic E-state index is 12.7. The second-order valence-corrected chi connectivity index (χ2v) is 6.88. The number of ether oxygens (including phenoxy) is 3. The molecular weight excluding hydrogens is 392 g/mol. The number of hydrogen-bond acceptors (Lipinski definition) is 7. The summed E-state index contributed by atoms with van der Waals surface area (Å²) >= 11 is 1.48. The first-order valence-corrected chi connectivity index (χ1v) is 9.60. The van der Waals surface area contributed by atoms with Crippen LogP contribution in [0.1, 0.15) is 23.0 Å². The van der Waals surface area contributed by atoms with Gasteiger partial charge in [0.25, 0.3) is 0 Å². The molecule has 0 aliphatic carbocycles. The van der Waals surface area contributed by atoms with Crippen molar-refractivity contribution >= 4 is 28.9 Å². The van der Waals surface area contributed by atoms with Crippen molar-refractivity contribution in [3.63, 3.8) is 0 Å². The molecule has 2 aromatic carbocycles. The topological polar surface area (TPSA) is 86.8 Å². The van der Waals surface area contributed by atoms with Gasteiger partial charge in [0.15, 0.2) is 11.5 Å². The number of esters is 1. The number of thiazole rings is 1. The van der Waals surface area contributed by atoms with E-state index in [4.69, 9.17) is 14.2 Å². The van der Waals surface area contributed by atoms with Crippen molar-refractivity contribution in [1.82, 2.24) is 4.98 Å². The largest absolute Gasteiger partial charge is 0.493 e. The van der Waals surface area contributed by atoms with Crippen molar-refractivity contribution in [2.75, 3.05) is 19.5 Å². The summed E-state index contributed by atoms with van der Waals surface area (Å²) < 4.78 is 15.9. The van der Waals surface area contributed by atoms with E-state index in [-0.39, 0.29) is 23.8 Å². The summed E-state index contributed by atoms with van der Waals surface area (Å²) in [5, 5.41) is 5.31. The lowest BCUT2D eigenvalue weighted by molar-refractivity contribution is -0.114. The molecule has 0 saturated heterocycles. The molecule has 1 heterocycles. The second-order valence-electron chi connectivity index (χ2n) is 6.02. The van der Waals surface area contributed by atoms with E-state index >= 15 is 0 Å². The summed E-state index contributed by atoms with van der Waals surface area (Å²) in [6.45, 7) is 1.36. The fourth-order valence-corrected chi connectivity index (χ4v) is 3.46. The Hall–Kier alpha value is -3.39. The van der Waals surface area contributed by atoms with Gasteiger partial charge in [-0.1, -0.05) is 30.3 Å². The molecule has 3 aromatic rings. The molecule has 3 rings (SSSR count). The third kappa shape index (κ3) is 4.91. The van der Waals surface area contributed by atoms with E-state index in [1.165, 1.54) is 44.6 Å². The third-order valence-electron chi connectivity index (χ3n) is 3.98. The Morgan fingerprint density at radius 3 is 2.41 bits per heavy atom. The number of amides is 1. The number of carbonyl (C=O) groups excluding carboxylic acids is 2. The Bertz CT molecular complexity index is 1020. The van der Waals surface area contributed by atoms with Crippen LogP contribution < -0.4 is 14.8 Å². The molecule has 150 valence electrons. The minimum atomic E-state index is -0.607. The van der Waals surface area contributed by atoms with Crippen molar-refractivity contribution in [2.24, 2.45) is 0 Å². The first-order chi connectivity index (χ1) is 14.0. The Morgan fingerprint density at radius 2 is 1.76 bits per heavy atom. The summed E-state index contributed by atoms with van der Waals surface area (Å²) in [6.07, 6.45) is 0. The van der Waals surface area contributed by atoms with E-state index in [1.807, 2.05) is 35.7 Å². The average Bonchev–Trinajstić information content (AvgIpc) is 3.21.